The maximum atomic E-state index is 13.2. The molecular formula is C14H21F2N3. The summed E-state index contributed by atoms with van der Waals surface area (Å²) in [5, 5.41) is 3.30. The lowest BCUT2D eigenvalue weighted by atomic mass is 9.99. The quantitative estimate of drug-likeness (QED) is 0.873. The maximum Gasteiger partial charge on any atom is 0.159 e. The zero-order valence-electron chi connectivity index (χ0n) is 11.2. The molecule has 0 spiro atoms. The fourth-order valence-electron chi connectivity index (χ4n) is 2.52. The number of nitrogens with one attached hydrogen (secondary N) is 1. The number of benzene rings is 1. The summed E-state index contributed by atoms with van der Waals surface area (Å²) in [5.74, 6) is -1.66. The first-order chi connectivity index (χ1) is 9.08. The molecule has 5 heteroatoms. The van der Waals surface area contributed by atoms with E-state index in [1.807, 2.05) is 0 Å². The Hall–Kier alpha value is -1.04. The van der Waals surface area contributed by atoms with Gasteiger partial charge in [0, 0.05) is 38.3 Å². The Morgan fingerprint density at radius 3 is 2.58 bits per heavy atom. The second-order valence-corrected chi connectivity index (χ2v) is 5.15. The zero-order valence-corrected chi connectivity index (χ0v) is 11.2. The van der Waals surface area contributed by atoms with Gasteiger partial charge in [0.2, 0.25) is 0 Å². The van der Waals surface area contributed by atoms with Crippen molar-refractivity contribution in [2.45, 2.75) is 25.4 Å². The van der Waals surface area contributed by atoms with Crippen LogP contribution in [0.1, 0.15) is 24.9 Å². The predicted octanol–water partition coefficient (Wildman–Crippen LogP) is 1.65. The van der Waals surface area contributed by atoms with E-state index in [-0.39, 0.29) is 6.04 Å². The fourth-order valence-corrected chi connectivity index (χ4v) is 2.52. The van der Waals surface area contributed by atoms with Gasteiger partial charge in [-0.1, -0.05) is 6.07 Å². The van der Waals surface area contributed by atoms with Gasteiger partial charge in [-0.25, -0.2) is 8.78 Å². The summed E-state index contributed by atoms with van der Waals surface area (Å²) in [5.41, 5.74) is 6.74. The lowest BCUT2D eigenvalue weighted by Gasteiger charge is -2.34. The first kappa shape index (κ1) is 14.4. The van der Waals surface area contributed by atoms with Crippen molar-refractivity contribution in [2.75, 3.05) is 26.2 Å². The molecule has 1 aromatic carbocycles. The molecule has 1 aromatic rings. The van der Waals surface area contributed by atoms with E-state index in [0.29, 0.717) is 11.6 Å². The van der Waals surface area contributed by atoms with Gasteiger partial charge in [0.25, 0.3) is 0 Å². The molecule has 19 heavy (non-hydrogen) atoms. The summed E-state index contributed by atoms with van der Waals surface area (Å²) in [6.07, 6.45) is 0.741. The average Bonchev–Trinajstić information content (AvgIpc) is 2.42. The Balaban J connectivity index is 1.95. The van der Waals surface area contributed by atoms with E-state index in [4.69, 9.17) is 5.73 Å². The monoisotopic (exact) mass is 269 g/mol. The minimum atomic E-state index is -0.831. The van der Waals surface area contributed by atoms with E-state index >= 15 is 0 Å². The zero-order chi connectivity index (χ0) is 13.8. The summed E-state index contributed by atoms with van der Waals surface area (Å²) in [6, 6.07) is 3.98. The van der Waals surface area contributed by atoms with Gasteiger partial charge in [0.05, 0.1) is 0 Å². The summed E-state index contributed by atoms with van der Waals surface area (Å²) >= 11 is 0. The maximum absolute atomic E-state index is 13.2. The predicted molar refractivity (Wildman–Crippen MR) is 71.8 cm³/mol. The average molecular weight is 269 g/mol. The van der Waals surface area contributed by atoms with Gasteiger partial charge in [-0.15, -0.1) is 0 Å². The number of hydrogen-bond acceptors (Lipinski definition) is 3. The van der Waals surface area contributed by atoms with Gasteiger partial charge in [-0.05, 0) is 31.0 Å². The smallest absolute Gasteiger partial charge is 0.159 e. The van der Waals surface area contributed by atoms with Crippen LogP contribution in [0.15, 0.2) is 18.2 Å². The normalized spacial score (nSPS) is 20.2. The van der Waals surface area contributed by atoms with Crippen LogP contribution < -0.4 is 11.1 Å². The van der Waals surface area contributed by atoms with Crippen molar-refractivity contribution in [3.63, 3.8) is 0 Å². The number of piperazine rings is 1. The van der Waals surface area contributed by atoms with Crippen LogP contribution in [0.2, 0.25) is 0 Å². The molecule has 0 aliphatic carbocycles. The van der Waals surface area contributed by atoms with E-state index in [9.17, 15) is 8.78 Å². The molecule has 2 atom stereocenters. The number of rotatable bonds is 4. The lowest BCUT2D eigenvalue weighted by molar-refractivity contribution is 0.170. The minimum Gasteiger partial charge on any atom is -0.324 e. The van der Waals surface area contributed by atoms with Crippen molar-refractivity contribution in [3.8, 4) is 0 Å². The van der Waals surface area contributed by atoms with Gasteiger partial charge < -0.3 is 11.1 Å². The third kappa shape index (κ3) is 3.72. The highest BCUT2D eigenvalue weighted by atomic mass is 19.2. The molecule has 3 nitrogen and oxygen atoms in total. The Kier molecular flexibility index (Phi) is 4.85. The lowest BCUT2D eigenvalue weighted by Crippen LogP contribution is -2.48. The molecule has 1 heterocycles. The number of hydrogen-bond donors (Lipinski definition) is 2. The third-order valence-corrected chi connectivity index (χ3v) is 3.74. The van der Waals surface area contributed by atoms with Gasteiger partial charge in [0.1, 0.15) is 0 Å². The Morgan fingerprint density at radius 2 is 1.95 bits per heavy atom. The highest BCUT2D eigenvalue weighted by Crippen LogP contribution is 2.20. The van der Waals surface area contributed by atoms with Crippen LogP contribution in [0.25, 0.3) is 0 Å². The van der Waals surface area contributed by atoms with Crippen molar-refractivity contribution in [1.29, 1.82) is 0 Å². The van der Waals surface area contributed by atoms with Crippen molar-refractivity contribution < 1.29 is 8.78 Å². The third-order valence-electron chi connectivity index (χ3n) is 3.74. The van der Waals surface area contributed by atoms with Crippen LogP contribution in [0, 0.1) is 11.6 Å². The topological polar surface area (TPSA) is 41.3 Å². The summed E-state index contributed by atoms with van der Waals surface area (Å²) < 4.78 is 26.1. The molecule has 2 rings (SSSR count). The highest BCUT2D eigenvalue weighted by molar-refractivity contribution is 5.21. The van der Waals surface area contributed by atoms with Crippen molar-refractivity contribution in [1.82, 2.24) is 10.2 Å². The molecule has 0 aromatic heterocycles. The van der Waals surface area contributed by atoms with Gasteiger partial charge >= 0.3 is 0 Å². The molecule has 1 aliphatic rings. The first-order valence-electron chi connectivity index (χ1n) is 6.73. The van der Waals surface area contributed by atoms with Crippen molar-refractivity contribution in [3.05, 3.63) is 35.4 Å². The van der Waals surface area contributed by atoms with E-state index in [0.717, 1.165) is 38.7 Å². The van der Waals surface area contributed by atoms with Gasteiger partial charge in [-0.2, -0.15) is 0 Å². The first-order valence-corrected chi connectivity index (χ1v) is 6.73. The second kappa shape index (κ2) is 6.41. The Bertz CT molecular complexity index is 419. The Morgan fingerprint density at radius 1 is 1.26 bits per heavy atom. The molecule has 0 bridgehead atoms. The standard InChI is InChI=1S/C14H21F2N3/c1-10(19-6-4-18-5-7-19)8-14(17)11-2-3-12(15)13(16)9-11/h2-3,9-10,14,18H,4-8,17H2,1H3. The van der Waals surface area contributed by atoms with Crippen LogP contribution in [-0.4, -0.2) is 37.1 Å². The molecule has 1 fully saturated rings. The van der Waals surface area contributed by atoms with Crippen molar-refractivity contribution in [2.24, 2.45) is 5.73 Å². The fraction of sp³-hybridized carbons (Fsp3) is 0.571. The highest BCUT2D eigenvalue weighted by Gasteiger charge is 2.20. The van der Waals surface area contributed by atoms with E-state index in [1.165, 1.54) is 6.07 Å². The number of nitrogens with zero attached hydrogens (tertiary/aromatic N) is 1. The van der Waals surface area contributed by atoms with Crippen LogP contribution >= 0.6 is 0 Å². The SMILES string of the molecule is CC(CC(N)c1ccc(F)c(F)c1)N1CCNCC1. The Labute approximate surface area is 112 Å². The van der Waals surface area contributed by atoms with Gasteiger partial charge in [-0.3, -0.25) is 4.90 Å². The summed E-state index contributed by atoms with van der Waals surface area (Å²) in [6.45, 7) is 6.12. The number of nitrogens with two attached hydrogens (primary N) is 1. The van der Waals surface area contributed by atoms with E-state index in [2.05, 4.69) is 17.1 Å². The molecule has 0 saturated carbocycles. The molecule has 1 aliphatic heterocycles. The van der Waals surface area contributed by atoms with E-state index < -0.39 is 11.6 Å². The molecule has 1 saturated heterocycles. The molecule has 0 amide bonds. The van der Waals surface area contributed by atoms with Crippen LogP contribution in [0.4, 0.5) is 8.78 Å². The molecule has 0 radical (unpaired) electrons. The summed E-state index contributed by atoms with van der Waals surface area (Å²) in [7, 11) is 0. The summed E-state index contributed by atoms with van der Waals surface area (Å²) in [4.78, 5) is 2.37. The molecule has 2 unspecified atom stereocenters. The van der Waals surface area contributed by atoms with Crippen molar-refractivity contribution >= 4 is 0 Å². The largest absolute Gasteiger partial charge is 0.324 e. The molecular weight excluding hydrogens is 248 g/mol. The van der Waals surface area contributed by atoms with E-state index in [1.54, 1.807) is 6.07 Å². The molecule has 3 N–H and O–H groups in total. The van der Waals surface area contributed by atoms with Crippen LogP contribution in [-0.2, 0) is 0 Å². The minimum absolute atomic E-state index is 0.264. The van der Waals surface area contributed by atoms with Crippen LogP contribution in [0.5, 0.6) is 0 Å². The second-order valence-electron chi connectivity index (χ2n) is 5.15. The van der Waals surface area contributed by atoms with Gasteiger partial charge in [0.15, 0.2) is 11.6 Å². The molecule has 106 valence electrons. The number of halogens is 2. The van der Waals surface area contributed by atoms with Crippen LogP contribution in [0.3, 0.4) is 0 Å².